The number of hydrogen-bond acceptors (Lipinski definition) is 5. The van der Waals surface area contributed by atoms with Gasteiger partial charge in [0.2, 0.25) is 0 Å². The smallest absolute Gasteiger partial charge is 0.163 e. The Morgan fingerprint density at radius 3 is 2.84 bits per heavy atom. The van der Waals surface area contributed by atoms with E-state index in [1.54, 1.807) is 12.3 Å². The number of pyridine rings is 1. The van der Waals surface area contributed by atoms with E-state index in [9.17, 15) is 0 Å². The zero-order chi connectivity index (χ0) is 13.1. The van der Waals surface area contributed by atoms with Crippen molar-refractivity contribution in [2.24, 2.45) is 0 Å². The maximum absolute atomic E-state index is 8.99. The van der Waals surface area contributed by atoms with Gasteiger partial charge in [-0.2, -0.15) is 5.26 Å². The Morgan fingerprint density at radius 1 is 1.16 bits per heavy atom. The summed E-state index contributed by atoms with van der Waals surface area (Å²) in [5, 5.41) is 12.1. The fraction of sp³-hybridized carbons (Fsp3) is 0.143. The molecule has 0 radical (unpaired) electrons. The first kappa shape index (κ1) is 11.4. The van der Waals surface area contributed by atoms with E-state index in [1.807, 2.05) is 30.3 Å². The van der Waals surface area contributed by atoms with Crippen molar-refractivity contribution in [3.8, 4) is 17.6 Å². The van der Waals surface area contributed by atoms with Crippen LogP contribution in [0.15, 0.2) is 36.5 Å². The first-order valence-electron chi connectivity index (χ1n) is 5.88. The van der Waals surface area contributed by atoms with Gasteiger partial charge in [0.05, 0.1) is 5.69 Å². The fourth-order valence-electron chi connectivity index (χ4n) is 1.87. The molecule has 5 heteroatoms. The minimum Gasteiger partial charge on any atom is -0.486 e. The van der Waals surface area contributed by atoms with Crippen LogP contribution >= 0.6 is 0 Å². The molecule has 1 aliphatic rings. The monoisotopic (exact) mass is 253 g/mol. The Kier molecular flexibility index (Phi) is 2.91. The fourth-order valence-corrected chi connectivity index (χ4v) is 1.87. The van der Waals surface area contributed by atoms with Crippen LogP contribution in [0.25, 0.3) is 0 Å². The largest absolute Gasteiger partial charge is 0.486 e. The molecule has 0 atom stereocenters. The van der Waals surface area contributed by atoms with E-state index in [4.69, 9.17) is 14.7 Å². The predicted molar refractivity (Wildman–Crippen MR) is 69.7 cm³/mol. The third kappa shape index (κ3) is 2.29. The molecule has 94 valence electrons. The second-order valence-electron chi connectivity index (χ2n) is 3.99. The molecule has 5 nitrogen and oxygen atoms in total. The molecule has 19 heavy (non-hydrogen) atoms. The summed E-state index contributed by atoms with van der Waals surface area (Å²) in [5.41, 5.74) is 1.85. The van der Waals surface area contributed by atoms with Crippen LogP contribution in [0.5, 0.6) is 11.5 Å². The van der Waals surface area contributed by atoms with Gasteiger partial charge in [0.25, 0.3) is 0 Å². The van der Waals surface area contributed by atoms with Gasteiger partial charge in [-0.25, -0.2) is 4.98 Å². The van der Waals surface area contributed by atoms with E-state index in [2.05, 4.69) is 10.3 Å². The number of fused-ring (bicyclic) bond motifs is 1. The van der Waals surface area contributed by atoms with Gasteiger partial charge in [-0.3, -0.25) is 0 Å². The van der Waals surface area contributed by atoms with Crippen LogP contribution in [0, 0.1) is 11.3 Å². The number of nitrogens with zero attached hydrogens (tertiary/aromatic N) is 2. The van der Waals surface area contributed by atoms with Crippen LogP contribution in [-0.2, 0) is 0 Å². The molecule has 1 N–H and O–H groups in total. The molecule has 0 saturated carbocycles. The Bertz CT molecular complexity index is 649. The standard InChI is InChI=1S/C14H11N3O2/c15-9-12-11(2-1-5-16-12)17-10-3-4-13-14(8-10)19-7-6-18-13/h1-5,8,17H,6-7H2. The maximum Gasteiger partial charge on any atom is 0.163 e. The number of rotatable bonds is 2. The Labute approximate surface area is 110 Å². The number of nitriles is 1. The number of benzene rings is 1. The van der Waals surface area contributed by atoms with E-state index in [0.29, 0.717) is 30.3 Å². The molecule has 2 aromatic rings. The van der Waals surface area contributed by atoms with Crippen molar-refractivity contribution in [1.29, 1.82) is 5.26 Å². The Morgan fingerprint density at radius 2 is 2.00 bits per heavy atom. The van der Waals surface area contributed by atoms with Crippen molar-refractivity contribution < 1.29 is 9.47 Å². The number of hydrogen-bond donors (Lipinski definition) is 1. The number of ether oxygens (including phenoxy) is 2. The molecule has 0 aliphatic carbocycles. The molecule has 0 spiro atoms. The zero-order valence-corrected chi connectivity index (χ0v) is 10.1. The summed E-state index contributed by atoms with van der Waals surface area (Å²) in [6, 6.07) is 11.2. The molecule has 0 fully saturated rings. The Hall–Kier alpha value is -2.74. The van der Waals surface area contributed by atoms with Gasteiger partial charge in [-0.1, -0.05) is 0 Å². The van der Waals surface area contributed by atoms with Crippen LogP contribution in [0.4, 0.5) is 11.4 Å². The molecule has 1 aromatic heterocycles. The average Bonchev–Trinajstić information content (AvgIpc) is 2.48. The predicted octanol–water partition coefficient (Wildman–Crippen LogP) is 2.47. The molecule has 3 rings (SSSR count). The average molecular weight is 253 g/mol. The third-order valence-corrected chi connectivity index (χ3v) is 2.73. The van der Waals surface area contributed by atoms with Gasteiger partial charge in [0.15, 0.2) is 17.2 Å². The highest BCUT2D eigenvalue weighted by Crippen LogP contribution is 2.33. The topological polar surface area (TPSA) is 67.2 Å². The quantitative estimate of drug-likeness (QED) is 0.890. The van der Waals surface area contributed by atoms with E-state index in [-0.39, 0.29) is 0 Å². The SMILES string of the molecule is N#Cc1ncccc1Nc1ccc2c(c1)OCCO2. The summed E-state index contributed by atoms with van der Waals surface area (Å²) >= 11 is 0. The van der Waals surface area contributed by atoms with Crippen LogP contribution < -0.4 is 14.8 Å². The van der Waals surface area contributed by atoms with Crippen LogP contribution in [0.3, 0.4) is 0 Å². The highest BCUT2D eigenvalue weighted by molar-refractivity contribution is 5.67. The van der Waals surface area contributed by atoms with Gasteiger partial charge < -0.3 is 14.8 Å². The number of aromatic nitrogens is 1. The van der Waals surface area contributed by atoms with Gasteiger partial charge in [-0.15, -0.1) is 0 Å². The van der Waals surface area contributed by atoms with E-state index in [1.165, 1.54) is 0 Å². The zero-order valence-electron chi connectivity index (χ0n) is 10.1. The number of nitrogens with one attached hydrogen (secondary N) is 1. The van der Waals surface area contributed by atoms with Crippen molar-refractivity contribution in [3.63, 3.8) is 0 Å². The lowest BCUT2D eigenvalue weighted by Crippen LogP contribution is -2.15. The normalized spacial score (nSPS) is 12.6. The molecule has 0 saturated heterocycles. The summed E-state index contributed by atoms with van der Waals surface area (Å²) < 4.78 is 11.0. The molecule has 0 unspecified atom stereocenters. The minimum absolute atomic E-state index is 0.359. The van der Waals surface area contributed by atoms with Crippen molar-refractivity contribution in [3.05, 3.63) is 42.2 Å². The van der Waals surface area contributed by atoms with Crippen LogP contribution in [0.2, 0.25) is 0 Å². The lowest BCUT2D eigenvalue weighted by atomic mass is 10.2. The van der Waals surface area contributed by atoms with E-state index in [0.717, 1.165) is 11.4 Å². The second-order valence-corrected chi connectivity index (χ2v) is 3.99. The maximum atomic E-state index is 8.99. The third-order valence-electron chi connectivity index (χ3n) is 2.73. The molecule has 0 bridgehead atoms. The molecular formula is C14H11N3O2. The van der Waals surface area contributed by atoms with Gasteiger partial charge in [0, 0.05) is 18.0 Å². The first-order chi connectivity index (χ1) is 9.36. The van der Waals surface area contributed by atoms with Gasteiger partial charge in [-0.05, 0) is 24.3 Å². The van der Waals surface area contributed by atoms with Crippen molar-refractivity contribution in [2.75, 3.05) is 18.5 Å². The van der Waals surface area contributed by atoms with E-state index >= 15 is 0 Å². The van der Waals surface area contributed by atoms with Crippen molar-refractivity contribution in [1.82, 2.24) is 4.98 Å². The highest BCUT2D eigenvalue weighted by Gasteiger charge is 2.12. The molecule has 0 amide bonds. The number of anilines is 2. The molecule has 1 aliphatic heterocycles. The molecular weight excluding hydrogens is 242 g/mol. The second kappa shape index (κ2) is 4.86. The first-order valence-corrected chi connectivity index (χ1v) is 5.88. The van der Waals surface area contributed by atoms with Gasteiger partial charge >= 0.3 is 0 Å². The van der Waals surface area contributed by atoms with E-state index < -0.39 is 0 Å². The van der Waals surface area contributed by atoms with Gasteiger partial charge in [0.1, 0.15) is 19.3 Å². The van der Waals surface area contributed by atoms with Crippen LogP contribution in [-0.4, -0.2) is 18.2 Å². The molecule has 1 aromatic carbocycles. The van der Waals surface area contributed by atoms with Crippen molar-refractivity contribution in [2.45, 2.75) is 0 Å². The summed E-state index contributed by atoms with van der Waals surface area (Å²) in [6.45, 7) is 1.12. The summed E-state index contributed by atoms with van der Waals surface area (Å²) in [7, 11) is 0. The van der Waals surface area contributed by atoms with Crippen LogP contribution in [0.1, 0.15) is 5.69 Å². The highest BCUT2D eigenvalue weighted by atomic mass is 16.6. The molecule has 2 heterocycles. The summed E-state index contributed by atoms with van der Waals surface area (Å²) in [6.07, 6.45) is 1.59. The van der Waals surface area contributed by atoms with Crippen molar-refractivity contribution >= 4 is 11.4 Å². The summed E-state index contributed by atoms with van der Waals surface area (Å²) in [4.78, 5) is 4.00. The lowest BCUT2D eigenvalue weighted by molar-refractivity contribution is 0.171. The lowest BCUT2D eigenvalue weighted by Gasteiger charge is -2.19. The Balaban J connectivity index is 1.89. The summed E-state index contributed by atoms with van der Waals surface area (Å²) in [5.74, 6) is 1.45. The minimum atomic E-state index is 0.359.